The average molecular weight is 255 g/mol. The molecule has 0 aliphatic rings. The van der Waals surface area contributed by atoms with Crippen molar-refractivity contribution in [2.24, 2.45) is 5.84 Å². The van der Waals surface area contributed by atoms with Crippen LogP contribution in [0.1, 0.15) is 6.92 Å². The van der Waals surface area contributed by atoms with E-state index in [4.69, 9.17) is 5.84 Å². The van der Waals surface area contributed by atoms with Crippen LogP contribution in [0.4, 0.5) is 17.5 Å². The van der Waals surface area contributed by atoms with E-state index in [0.29, 0.717) is 13.1 Å². The molecule has 10 heteroatoms. The molecule has 0 atom stereocenters. The van der Waals surface area contributed by atoms with Gasteiger partial charge in [0.15, 0.2) is 0 Å². The molecule has 1 rings (SSSR count). The van der Waals surface area contributed by atoms with Crippen molar-refractivity contribution in [2.75, 3.05) is 23.8 Å². The van der Waals surface area contributed by atoms with Gasteiger partial charge in [-0.1, -0.05) is 0 Å². The quantitative estimate of drug-likeness (QED) is 0.224. The predicted octanol–water partition coefficient (Wildman–Crippen LogP) is -0.782. The van der Waals surface area contributed by atoms with Gasteiger partial charge in [-0.05, 0) is 0 Å². The number of amides is 1. The first-order valence-electron chi connectivity index (χ1n) is 5.01. The molecule has 0 fully saturated rings. The molecule has 0 saturated carbocycles. The van der Waals surface area contributed by atoms with Crippen molar-refractivity contribution in [2.45, 2.75) is 6.92 Å². The van der Waals surface area contributed by atoms with Gasteiger partial charge in [-0.2, -0.15) is 4.98 Å². The molecule has 1 heterocycles. The fourth-order valence-electron chi connectivity index (χ4n) is 1.13. The third-order valence-electron chi connectivity index (χ3n) is 1.89. The summed E-state index contributed by atoms with van der Waals surface area (Å²) in [5.41, 5.74) is 1.92. The Kier molecular flexibility index (Phi) is 4.75. The number of nitrogen functional groups attached to an aromatic ring is 1. The minimum atomic E-state index is -0.610. The molecular formula is C8H13N7O3. The van der Waals surface area contributed by atoms with Crippen LogP contribution in [0, 0.1) is 10.1 Å². The van der Waals surface area contributed by atoms with E-state index in [-0.39, 0.29) is 23.4 Å². The van der Waals surface area contributed by atoms with Crippen molar-refractivity contribution in [3.8, 4) is 0 Å². The van der Waals surface area contributed by atoms with Crippen LogP contribution in [0.2, 0.25) is 0 Å². The van der Waals surface area contributed by atoms with E-state index in [1.54, 1.807) is 0 Å². The molecule has 1 amide bonds. The Bertz CT molecular complexity index is 450. The Balaban J connectivity index is 2.71. The van der Waals surface area contributed by atoms with Crippen molar-refractivity contribution >= 4 is 23.4 Å². The molecule has 1 aromatic rings. The molecular weight excluding hydrogens is 242 g/mol. The second-order valence-electron chi connectivity index (χ2n) is 3.24. The van der Waals surface area contributed by atoms with Crippen LogP contribution < -0.4 is 21.9 Å². The van der Waals surface area contributed by atoms with E-state index in [0.717, 1.165) is 6.20 Å². The SMILES string of the molecule is CC(=O)NCCNc1nc(NN)ncc1[N+](=O)[O-]. The van der Waals surface area contributed by atoms with Crippen molar-refractivity contribution in [1.82, 2.24) is 15.3 Å². The van der Waals surface area contributed by atoms with E-state index in [2.05, 4.69) is 26.0 Å². The highest BCUT2D eigenvalue weighted by Crippen LogP contribution is 2.21. The Hall–Kier alpha value is -2.49. The van der Waals surface area contributed by atoms with E-state index in [9.17, 15) is 14.9 Å². The van der Waals surface area contributed by atoms with Crippen molar-refractivity contribution < 1.29 is 9.72 Å². The molecule has 5 N–H and O–H groups in total. The highest BCUT2D eigenvalue weighted by Gasteiger charge is 2.16. The molecule has 10 nitrogen and oxygen atoms in total. The number of aromatic nitrogens is 2. The first kappa shape index (κ1) is 13.6. The van der Waals surface area contributed by atoms with Crippen molar-refractivity contribution in [3.63, 3.8) is 0 Å². The summed E-state index contributed by atoms with van der Waals surface area (Å²) in [7, 11) is 0. The summed E-state index contributed by atoms with van der Waals surface area (Å²) < 4.78 is 0. The molecule has 18 heavy (non-hydrogen) atoms. The monoisotopic (exact) mass is 255 g/mol. The number of nitrogens with two attached hydrogens (primary N) is 1. The minimum absolute atomic E-state index is 0.0355. The topological polar surface area (TPSA) is 148 Å². The lowest BCUT2D eigenvalue weighted by molar-refractivity contribution is -0.384. The molecule has 98 valence electrons. The van der Waals surface area contributed by atoms with E-state index in [1.165, 1.54) is 6.92 Å². The van der Waals surface area contributed by atoms with Gasteiger partial charge in [0.25, 0.3) is 0 Å². The number of hydrogen-bond donors (Lipinski definition) is 4. The van der Waals surface area contributed by atoms with Crippen LogP contribution in [0.3, 0.4) is 0 Å². The maximum atomic E-state index is 10.7. The summed E-state index contributed by atoms with van der Waals surface area (Å²) in [6.45, 7) is 1.99. The molecule has 0 aliphatic heterocycles. The highest BCUT2D eigenvalue weighted by atomic mass is 16.6. The summed E-state index contributed by atoms with van der Waals surface area (Å²) in [6, 6.07) is 0. The number of nitrogens with zero attached hydrogens (tertiary/aromatic N) is 3. The summed E-state index contributed by atoms with van der Waals surface area (Å²) in [6.07, 6.45) is 1.04. The zero-order valence-electron chi connectivity index (χ0n) is 9.64. The third kappa shape index (κ3) is 3.83. The summed E-state index contributed by atoms with van der Waals surface area (Å²) in [5, 5.41) is 16.0. The van der Waals surface area contributed by atoms with Gasteiger partial charge < -0.3 is 10.6 Å². The maximum absolute atomic E-state index is 10.7. The first-order chi connectivity index (χ1) is 8.54. The molecule has 1 aromatic heterocycles. The number of anilines is 2. The van der Waals surface area contributed by atoms with Crippen LogP contribution in [0.25, 0.3) is 0 Å². The molecule has 0 bridgehead atoms. The summed E-state index contributed by atoms with van der Waals surface area (Å²) >= 11 is 0. The van der Waals surface area contributed by atoms with Crippen LogP contribution in [-0.2, 0) is 4.79 Å². The maximum Gasteiger partial charge on any atom is 0.329 e. The average Bonchev–Trinajstić information content (AvgIpc) is 2.33. The molecule has 0 saturated heterocycles. The molecule has 0 radical (unpaired) electrons. The molecule has 0 aliphatic carbocycles. The van der Waals surface area contributed by atoms with Gasteiger partial charge in [-0.15, -0.1) is 0 Å². The van der Waals surface area contributed by atoms with Crippen LogP contribution in [-0.4, -0.2) is 33.9 Å². The third-order valence-corrected chi connectivity index (χ3v) is 1.89. The number of rotatable bonds is 6. The van der Waals surface area contributed by atoms with Crippen molar-refractivity contribution in [1.29, 1.82) is 0 Å². The van der Waals surface area contributed by atoms with Gasteiger partial charge >= 0.3 is 5.69 Å². The number of carbonyl (C=O) groups is 1. The fourth-order valence-corrected chi connectivity index (χ4v) is 1.13. The predicted molar refractivity (Wildman–Crippen MR) is 63.7 cm³/mol. The fraction of sp³-hybridized carbons (Fsp3) is 0.375. The lowest BCUT2D eigenvalue weighted by atomic mass is 10.4. The Morgan fingerprint density at radius 3 is 2.83 bits per heavy atom. The Morgan fingerprint density at radius 1 is 1.56 bits per heavy atom. The smallest absolute Gasteiger partial charge is 0.329 e. The van der Waals surface area contributed by atoms with E-state index in [1.807, 2.05) is 0 Å². The minimum Gasteiger partial charge on any atom is -0.362 e. The second-order valence-corrected chi connectivity index (χ2v) is 3.24. The van der Waals surface area contributed by atoms with Gasteiger partial charge in [0.1, 0.15) is 6.20 Å². The van der Waals surface area contributed by atoms with Gasteiger partial charge in [0.2, 0.25) is 17.7 Å². The zero-order chi connectivity index (χ0) is 13.5. The highest BCUT2D eigenvalue weighted by molar-refractivity contribution is 5.72. The normalized spacial score (nSPS) is 9.67. The summed E-state index contributed by atoms with van der Waals surface area (Å²) in [5.74, 6) is 5.02. The molecule has 0 aromatic carbocycles. The number of hydrogen-bond acceptors (Lipinski definition) is 8. The van der Waals surface area contributed by atoms with Crippen LogP contribution >= 0.6 is 0 Å². The lowest BCUT2D eigenvalue weighted by Gasteiger charge is -2.07. The number of nitro groups is 1. The van der Waals surface area contributed by atoms with Crippen molar-refractivity contribution in [3.05, 3.63) is 16.3 Å². The molecule has 0 unspecified atom stereocenters. The van der Waals surface area contributed by atoms with Gasteiger partial charge in [-0.3, -0.25) is 20.3 Å². The van der Waals surface area contributed by atoms with E-state index < -0.39 is 4.92 Å². The second kappa shape index (κ2) is 6.30. The number of hydrazine groups is 1. The first-order valence-corrected chi connectivity index (χ1v) is 5.01. The molecule has 0 spiro atoms. The van der Waals surface area contributed by atoms with E-state index >= 15 is 0 Å². The number of nitrogens with one attached hydrogen (secondary N) is 3. The zero-order valence-corrected chi connectivity index (χ0v) is 9.64. The standard InChI is InChI=1S/C8H13N7O3/c1-5(16)10-2-3-11-7-6(15(17)18)4-12-8(13-7)14-9/h4H,2-3,9H2,1H3,(H,10,16)(H2,11,12,13,14). The van der Waals surface area contributed by atoms with Crippen LogP contribution in [0.15, 0.2) is 6.20 Å². The summed E-state index contributed by atoms with van der Waals surface area (Å²) in [4.78, 5) is 28.2. The lowest BCUT2D eigenvalue weighted by Crippen LogP contribution is -2.26. The van der Waals surface area contributed by atoms with Crippen LogP contribution in [0.5, 0.6) is 0 Å². The number of carbonyl (C=O) groups excluding carboxylic acids is 1. The van der Waals surface area contributed by atoms with Gasteiger partial charge in [0.05, 0.1) is 4.92 Å². The van der Waals surface area contributed by atoms with Gasteiger partial charge in [0, 0.05) is 20.0 Å². The largest absolute Gasteiger partial charge is 0.362 e. The Labute approximate surface area is 102 Å². The van der Waals surface area contributed by atoms with Gasteiger partial charge in [-0.25, -0.2) is 10.8 Å². The Morgan fingerprint density at radius 2 is 2.28 bits per heavy atom.